The lowest BCUT2D eigenvalue weighted by atomic mass is 10.1. The fourth-order valence-corrected chi connectivity index (χ4v) is 3.22. The molecule has 0 fully saturated rings. The number of aromatic nitrogens is 2. The van der Waals surface area contributed by atoms with Gasteiger partial charge in [-0.05, 0) is 56.7 Å². The number of amides is 2. The summed E-state index contributed by atoms with van der Waals surface area (Å²) in [5, 5.41) is 10.1. The molecule has 7 heteroatoms. The normalized spacial score (nSPS) is 11.7. The van der Waals surface area contributed by atoms with Crippen LogP contribution in [0.2, 0.25) is 0 Å². The standard InChI is InChI=1S/C23H25FN4O2/c1-16(21-15-26-28(17(21)2)20-12-10-19(24)11-13-20)27-22(29)9-6-14-25-23(30)18-7-4-3-5-8-18/h3-5,7-8,10-13,15-16H,6,9,14H2,1-2H3,(H,25,30)(H,27,29). The predicted molar refractivity (Wildman–Crippen MR) is 113 cm³/mol. The summed E-state index contributed by atoms with van der Waals surface area (Å²) in [5.41, 5.74) is 3.13. The van der Waals surface area contributed by atoms with Crippen LogP contribution in [0.4, 0.5) is 4.39 Å². The van der Waals surface area contributed by atoms with Crippen LogP contribution in [0.3, 0.4) is 0 Å². The first-order chi connectivity index (χ1) is 14.5. The highest BCUT2D eigenvalue weighted by Crippen LogP contribution is 2.20. The summed E-state index contributed by atoms with van der Waals surface area (Å²) in [6, 6.07) is 14.8. The number of halogens is 1. The van der Waals surface area contributed by atoms with Crippen LogP contribution < -0.4 is 10.6 Å². The molecule has 0 saturated carbocycles. The largest absolute Gasteiger partial charge is 0.352 e. The average molecular weight is 408 g/mol. The van der Waals surface area contributed by atoms with Gasteiger partial charge < -0.3 is 10.6 Å². The number of carbonyl (C=O) groups is 2. The summed E-state index contributed by atoms with van der Waals surface area (Å²) in [6.07, 6.45) is 2.57. The molecule has 0 aliphatic rings. The van der Waals surface area contributed by atoms with Crippen molar-refractivity contribution in [2.24, 2.45) is 0 Å². The lowest BCUT2D eigenvalue weighted by Gasteiger charge is -2.14. The summed E-state index contributed by atoms with van der Waals surface area (Å²) in [6.45, 7) is 4.23. The topological polar surface area (TPSA) is 76.0 Å². The third-order valence-electron chi connectivity index (χ3n) is 4.87. The zero-order chi connectivity index (χ0) is 21.5. The van der Waals surface area contributed by atoms with E-state index in [2.05, 4.69) is 15.7 Å². The van der Waals surface area contributed by atoms with Crippen molar-refractivity contribution in [1.29, 1.82) is 0 Å². The minimum Gasteiger partial charge on any atom is -0.352 e. The zero-order valence-corrected chi connectivity index (χ0v) is 17.1. The van der Waals surface area contributed by atoms with Crippen molar-refractivity contribution in [2.45, 2.75) is 32.7 Å². The van der Waals surface area contributed by atoms with Crippen LogP contribution in [0.1, 0.15) is 47.4 Å². The molecule has 0 aliphatic heterocycles. The zero-order valence-electron chi connectivity index (χ0n) is 17.1. The SMILES string of the molecule is Cc1c(C(C)NC(=O)CCCNC(=O)c2ccccc2)cnn1-c1ccc(F)cc1. The Kier molecular flexibility index (Phi) is 6.95. The van der Waals surface area contributed by atoms with Gasteiger partial charge in [0.2, 0.25) is 5.91 Å². The molecule has 0 spiro atoms. The molecular formula is C23H25FN4O2. The van der Waals surface area contributed by atoms with Crippen molar-refractivity contribution < 1.29 is 14.0 Å². The molecule has 0 aliphatic carbocycles. The van der Waals surface area contributed by atoms with Crippen molar-refractivity contribution in [3.63, 3.8) is 0 Å². The van der Waals surface area contributed by atoms with E-state index in [1.54, 1.807) is 35.1 Å². The smallest absolute Gasteiger partial charge is 0.251 e. The molecule has 1 aromatic heterocycles. The summed E-state index contributed by atoms with van der Waals surface area (Å²) < 4.78 is 14.9. The first kappa shape index (κ1) is 21.2. The lowest BCUT2D eigenvalue weighted by Crippen LogP contribution is -2.29. The second-order valence-electron chi connectivity index (χ2n) is 7.09. The van der Waals surface area contributed by atoms with E-state index in [1.165, 1.54) is 12.1 Å². The summed E-state index contributed by atoms with van der Waals surface area (Å²) >= 11 is 0. The van der Waals surface area contributed by atoms with E-state index in [4.69, 9.17) is 0 Å². The fraction of sp³-hybridized carbons (Fsp3) is 0.261. The number of carbonyl (C=O) groups excluding carboxylic acids is 2. The summed E-state index contributed by atoms with van der Waals surface area (Å²) in [7, 11) is 0. The van der Waals surface area contributed by atoms with E-state index in [0.717, 1.165) is 16.9 Å². The Balaban J connectivity index is 1.47. The molecule has 0 saturated heterocycles. The number of benzene rings is 2. The highest BCUT2D eigenvalue weighted by molar-refractivity contribution is 5.94. The van der Waals surface area contributed by atoms with Gasteiger partial charge in [0.15, 0.2) is 0 Å². The second-order valence-corrected chi connectivity index (χ2v) is 7.09. The number of hydrogen-bond acceptors (Lipinski definition) is 3. The van der Waals surface area contributed by atoms with Gasteiger partial charge in [-0.2, -0.15) is 5.10 Å². The van der Waals surface area contributed by atoms with Crippen LogP contribution in [0.15, 0.2) is 60.8 Å². The monoisotopic (exact) mass is 408 g/mol. The molecule has 2 aromatic carbocycles. The van der Waals surface area contributed by atoms with Crippen LogP contribution in [-0.2, 0) is 4.79 Å². The van der Waals surface area contributed by atoms with Gasteiger partial charge in [-0.25, -0.2) is 9.07 Å². The highest BCUT2D eigenvalue weighted by Gasteiger charge is 2.16. The van der Waals surface area contributed by atoms with Crippen molar-refractivity contribution in [3.05, 3.63) is 83.4 Å². The van der Waals surface area contributed by atoms with Gasteiger partial charge >= 0.3 is 0 Å². The Labute approximate surface area is 175 Å². The molecule has 1 unspecified atom stereocenters. The number of nitrogens with one attached hydrogen (secondary N) is 2. The molecule has 6 nitrogen and oxygen atoms in total. The minimum atomic E-state index is -0.302. The molecule has 1 heterocycles. The van der Waals surface area contributed by atoms with Crippen LogP contribution in [0, 0.1) is 12.7 Å². The molecule has 3 aromatic rings. The number of hydrogen-bond donors (Lipinski definition) is 2. The summed E-state index contributed by atoms with van der Waals surface area (Å²) in [5.74, 6) is -0.539. The number of nitrogens with zero attached hydrogens (tertiary/aromatic N) is 2. The Bertz CT molecular complexity index is 1000. The lowest BCUT2D eigenvalue weighted by molar-refractivity contribution is -0.121. The molecule has 2 amide bonds. The molecule has 0 radical (unpaired) electrons. The van der Waals surface area contributed by atoms with Gasteiger partial charge in [0.1, 0.15) is 5.82 Å². The van der Waals surface area contributed by atoms with E-state index in [-0.39, 0.29) is 23.7 Å². The Hall–Kier alpha value is -3.48. The van der Waals surface area contributed by atoms with E-state index in [0.29, 0.717) is 24.9 Å². The summed E-state index contributed by atoms with van der Waals surface area (Å²) in [4.78, 5) is 24.3. The Morgan fingerprint density at radius 2 is 1.80 bits per heavy atom. The number of rotatable bonds is 8. The third kappa shape index (κ3) is 5.31. The second kappa shape index (κ2) is 9.82. The molecule has 2 N–H and O–H groups in total. The van der Waals surface area contributed by atoms with Gasteiger partial charge in [0, 0.05) is 29.8 Å². The van der Waals surface area contributed by atoms with Gasteiger partial charge in [-0.1, -0.05) is 18.2 Å². The van der Waals surface area contributed by atoms with E-state index < -0.39 is 0 Å². The van der Waals surface area contributed by atoms with E-state index in [1.807, 2.05) is 32.0 Å². The molecule has 30 heavy (non-hydrogen) atoms. The van der Waals surface area contributed by atoms with E-state index >= 15 is 0 Å². The molecule has 156 valence electrons. The van der Waals surface area contributed by atoms with Crippen molar-refractivity contribution in [1.82, 2.24) is 20.4 Å². The average Bonchev–Trinajstić information content (AvgIpc) is 3.13. The molecule has 3 rings (SSSR count). The van der Waals surface area contributed by atoms with Gasteiger partial charge in [0.05, 0.1) is 17.9 Å². The Morgan fingerprint density at radius 3 is 2.50 bits per heavy atom. The third-order valence-corrected chi connectivity index (χ3v) is 4.87. The van der Waals surface area contributed by atoms with Crippen LogP contribution >= 0.6 is 0 Å². The van der Waals surface area contributed by atoms with E-state index in [9.17, 15) is 14.0 Å². The minimum absolute atomic E-state index is 0.0922. The van der Waals surface area contributed by atoms with Crippen molar-refractivity contribution in [2.75, 3.05) is 6.54 Å². The van der Waals surface area contributed by atoms with Crippen LogP contribution in [0.5, 0.6) is 0 Å². The molecular weight excluding hydrogens is 383 g/mol. The van der Waals surface area contributed by atoms with Gasteiger partial charge in [0.25, 0.3) is 5.91 Å². The van der Waals surface area contributed by atoms with Crippen molar-refractivity contribution in [3.8, 4) is 5.69 Å². The predicted octanol–water partition coefficient (Wildman–Crippen LogP) is 3.71. The maximum Gasteiger partial charge on any atom is 0.251 e. The maximum absolute atomic E-state index is 13.1. The first-order valence-electron chi connectivity index (χ1n) is 9.89. The van der Waals surface area contributed by atoms with Crippen LogP contribution in [-0.4, -0.2) is 28.1 Å². The highest BCUT2D eigenvalue weighted by atomic mass is 19.1. The fourth-order valence-electron chi connectivity index (χ4n) is 3.22. The quantitative estimate of drug-likeness (QED) is 0.558. The molecule has 1 atom stereocenters. The Morgan fingerprint density at radius 1 is 1.10 bits per heavy atom. The first-order valence-corrected chi connectivity index (χ1v) is 9.89. The van der Waals surface area contributed by atoms with Gasteiger partial charge in [-0.3, -0.25) is 9.59 Å². The van der Waals surface area contributed by atoms with Gasteiger partial charge in [-0.15, -0.1) is 0 Å². The molecule has 0 bridgehead atoms. The van der Waals surface area contributed by atoms with Crippen LogP contribution in [0.25, 0.3) is 5.69 Å². The van der Waals surface area contributed by atoms with Crippen molar-refractivity contribution >= 4 is 11.8 Å². The maximum atomic E-state index is 13.1.